The fourth-order valence-electron chi connectivity index (χ4n) is 4.32. The molecule has 0 aliphatic heterocycles. The van der Waals surface area contributed by atoms with E-state index in [4.69, 9.17) is 0 Å². The number of hydrogen-bond acceptors (Lipinski definition) is 4. The van der Waals surface area contributed by atoms with Crippen molar-refractivity contribution in [3.05, 3.63) is 95.8 Å². The van der Waals surface area contributed by atoms with Gasteiger partial charge in [0, 0.05) is 13.1 Å². The number of para-hydroxylation sites is 1. The number of carbonyl (C=O) groups is 2. The lowest BCUT2D eigenvalue weighted by Gasteiger charge is -2.33. The van der Waals surface area contributed by atoms with Crippen LogP contribution in [0.3, 0.4) is 0 Å². The molecule has 0 saturated heterocycles. The van der Waals surface area contributed by atoms with Gasteiger partial charge >= 0.3 is 0 Å². The molecule has 208 valence electrons. The van der Waals surface area contributed by atoms with E-state index in [0.29, 0.717) is 13.0 Å². The second kappa shape index (κ2) is 13.9. The number of hydrogen-bond donors (Lipinski definition) is 1. The maximum absolute atomic E-state index is 15.0. The fraction of sp³-hybridized carbons (Fsp3) is 0.333. The van der Waals surface area contributed by atoms with Crippen molar-refractivity contribution in [2.45, 2.75) is 57.5 Å². The van der Waals surface area contributed by atoms with Crippen molar-refractivity contribution in [1.82, 2.24) is 10.2 Å². The van der Waals surface area contributed by atoms with Crippen LogP contribution in [0.5, 0.6) is 0 Å². The highest BCUT2D eigenvalue weighted by atomic mass is 32.2. The number of anilines is 1. The molecule has 0 fully saturated rings. The third-order valence-corrected chi connectivity index (χ3v) is 8.16. The van der Waals surface area contributed by atoms with E-state index in [2.05, 4.69) is 5.32 Å². The van der Waals surface area contributed by atoms with Gasteiger partial charge in [-0.15, -0.1) is 0 Å². The van der Waals surface area contributed by atoms with Crippen LogP contribution in [-0.2, 0) is 26.2 Å². The van der Waals surface area contributed by atoms with Crippen LogP contribution >= 0.6 is 0 Å². The van der Waals surface area contributed by atoms with E-state index in [1.165, 1.54) is 35.2 Å². The third-order valence-electron chi connectivity index (χ3n) is 6.38. The van der Waals surface area contributed by atoms with Crippen LogP contribution in [0.15, 0.2) is 83.8 Å². The normalized spacial score (nSPS) is 12.0. The van der Waals surface area contributed by atoms with Gasteiger partial charge in [-0.25, -0.2) is 12.8 Å². The molecule has 3 aromatic carbocycles. The molecule has 0 aromatic heterocycles. The number of unbranched alkanes of at least 4 members (excludes halogenated alkanes) is 1. The second-order valence-corrected chi connectivity index (χ2v) is 11.2. The van der Waals surface area contributed by atoms with Gasteiger partial charge in [-0.05, 0) is 49.6 Å². The van der Waals surface area contributed by atoms with Gasteiger partial charge in [-0.2, -0.15) is 0 Å². The van der Waals surface area contributed by atoms with Gasteiger partial charge in [0.05, 0.1) is 10.6 Å². The molecule has 0 bridgehead atoms. The van der Waals surface area contributed by atoms with Crippen LogP contribution in [0, 0.1) is 12.7 Å². The lowest BCUT2D eigenvalue weighted by molar-refractivity contribution is -0.140. The SMILES string of the molecule is CCCCNC(=O)C(CC)N(Cc1cccc(C)c1)C(=O)CN(c1ccccc1F)S(=O)(=O)c1ccccc1. The molecule has 0 heterocycles. The maximum atomic E-state index is 15.0. The van der Waals surface area contributed by atoms with E-state index < -0.39 is 34.3 Å². The van der Waals surface area contributed by atoms with E-state index in [9.17, 15) is 22.4 Å². The van der Waals surface area contributed by atoms with Gasteiger partial charge in [0.25, 0.3) is 10.0 Å². The largest absolute Gasteiger partial charge is 0.354 e. The van der Waals surface area contributed by atoms with E-state index in [1.54, 1.807) is 25.1 Å². The summed E-state index contributed by atoms with van der Waals surface area (Å²) < 4.78 is 43.1. The van der Waals surface area contributed by atoms with Crippen molar-refractivity contribution in [1.29, 1.82) is 0 Å². The molecule has 3 aromatic rings. The summed E-state index contributed by atoms with van der Waals surface area (Å²) in [5.41, 5.74) is 1.54. The van der Waals surface area contributed by atoms with Gasteiger partial charge in [-0.1, -0.05) is 80.4 Å². The predicted molar refractivity (Wildman–Crippen MR) is 151 cm³/mol. The summed E-state index contributed by atoms with van der Waals surface area (Å²) in [6.45, 7) is 5.63. The lowest BCUT2D eigenvalue weighted by atomic mass is 10.1. The number of halogens is 1. The molecule has 9 heteroatoms. The Morgan fingerprint density at radius 1 is 0.949 bits per heavy atom. The van der Waals surface area contributed by atoms with Crippen LogP contribution in [0.2, 0.25) is 0 Å². The Bertz CT molecular complexity index is 1370. The molecule has 3 rings (SSSR count). The van der Waals surface area contributed by atoms with Crippen LogP contribution in [0.4, 0.5) is 10.1 Å². The predicted octanol–water partition coefficient (Wildman–Crippen LogP) is 5.05. The molecule has 2 amide bonds. The number of carbonyl (C=O) groups excluding carboxylic acids is 2. The molecule has 1 unspecified atom stereocenters. The number of rotatable bonds is 13. The zero-order chi connectivity index (χ0) is 28.4. The van der Waals surface area contributed by atoms with Crippen molar-refractivity contribution in [3.8, 4) is 0 Å². The lowest BCUT2D eigenvalue weighted by Crippen LogP contribution is -2.52. The third kappa shape index (κ3) is 7.66. The number of nitrogens with one attached hydrogen (secondary N) is 1. The number of aryl methyl sites for hydroxylation is 1. The summed E-state index contributed by atoms with van der Waals surface area (Å²) in [7, 11) is -4.31. The van der Waals surface area contributed by atoms with Crippen LogP contribution in [-0.4, -0.2) is 44.3 Å². The molecule has 0 radical (unpaired) electrons. The topological polar surface area (TPSA) is 86.8 Å². The van der Waals surface area contributed by atoms with Gasteiger partial charge in [-0.3, -0.25) is 13.9 Å². The summed E-state index contributed by atoms with van der Waals surface area (Å²) >= 11 is 0. The Labute approximate surface area is 230 Å². The molecule has 1 atom stereocenters. The Kier molecular flexibility index (Phi) is 10.6. The molecular formula is C30H36FN3O4S. The Morgan fingerprint density at radius 2 is 1.64 bits per heavy atom. The quantitative estimate of drug-likeness (QED) is 0.300. The maximum Gasteiger partial charge on any atom is 0.264 e. The Hall–Kier alpha value is -3.72. The number of sulfonamides is 1. The average Bonchev–Trinajstić information content (AvgIpc) is 2.92. The standard InChI is InChI=1S/C30H36FN3O4S/c1-4-6-19-32-30(36)27(5-2)33(21-24-14-12-13-23(3)20-24)29(35)22-34(28-18-11-10-17-26(28)31)39(37,38)25-15-8-7-9-16-25/h7-18,20,27H,4-6,19,21-22H2,1-3H3,(H,32,36). The Morgan fingerprint density at radius 3 is 2.28 bits per heavy atom. The zero-order valence-corrected chi connectivity index (χ0v) is 23.5. The molecule has 0 aliphatic rings. The first-order chi connectivity index (χ1) is 18.7. The van der Waals surface area contributed by atoms with E-state index >= 15 is 0 Å². The van der Waals surface area contributed by atoms with Crippen LogP contribution in [0.25, 0.3) is 0 Å². The first kappa shape index (κ1) is 29.8. The monoisotopic (exact) mass is 553 g/mol. The highest BCUT2D eigenvalue weighted by Gasteiger charge is 2.34. The van der Waals surface area contributed by atoms with E-state index in [1.807, 2.05) is 38.1 Å². The number of nitrogens with zero attached hydrogens (tertiary/aromatic N) is 2. The summed E-state index contributed by atoms with van der Waals surface area (Å²) in [5.74, 6) is -1.70. The summed E-state index contributed by atoms with van der Waals surface area (Å²) in [4.78, 5) is 28.5. The van der Waals surface area contributed by atoms with Gasteiger partial charge in [0.2, 0.25) is 11.8 Å². The first-order valence-corrected chi connectivity index (χ1v) is 14.6. The van der Waals surface area contributed by atoms with E-state index in [0.717, 1.165) is 34.3 Å². The highest BCUT2D eigenvalue weighted by molar-refractivity contribution is 7.92. The van der Waals surface area contributed by atoms with E-state index in [-0.39, 0.29) is 23.0 Å². The molecule has 0 spiro atoms. The summed E-state index contributed by atoms with van der Waals surface area (Å²) in [6.07, 6.45) is 2.02. The van der Waals surface area contributed by atoms with Crippen molar-refractivity contribution in [2.75, 3.05) is 17.4 Å². The Balaban J connectivity index is 2.03. The number of benzene rings is 3. The van der Waals surface area contributed by atoms with Crippen molar-refractivity contribution in [3.63, 3.8) is 0 Å². The molecule has 0 saturated carbocycles. The number of amides is 2. The van der Waals surface area contributed by atoms with Crippen LogP contribution < -0.4 is 9.62 Å². The highest BCUT2D eigenvalue weighted by Crippen LogP contribution is 2.27. The smallest absolute Gasteiger partial charge is 0.264 e. The minimum absolute atomic E-state index is 0.0735. The molecule has 1 N–H and O–H groups in total. The second-order valence-electron chi connectivity index (χ2n) is 9.36. The first-order valence-electron chi connectivity index (χ1n) is 13.1. The van der Waals surface area contributed by atoms with Gasteiger partial charge in [0.15, 0.2) is 0 Å². The van der Waals surface area contributed by atoms with Crippen molar-refractivity contribution >= 4 is 27.5 Å². The summed E-state index contributed by atoms with van der Waals surface area (Å²) in [5, 5.41) is 2.89. The summed E-state index contributed by atoms with van der Waals surface area (Å²) in [6, 6.07) is 19.7. The van der Waals surface area contributed by atoms with Crippen molar-refractivity contribution < 1.29 is 22.4 Å². The van der Waals surface area contributed by atoms with Crippen molar-refractivity contribution in [2.24, 2.45) is 0 Å². The van der Waals surface area contributed by atoms with Gasteiger partial charge in [0.1, 0.15) is 18.4 Å². The minimum atomic E-state index is -4.31. The zero-order valence-electron chi connectivity index (χ0n) is 22.6. The molecular weight excluding hydrogens is 517 g/mol. The minimum Gasteiger partial charge on any atom is -0.354 e. The average molecular weight is 554 g/mol. The molecule has 7 nitrogen and oxygen atoms in total. The fourth-order valence-corrected chi connectivity index (χ4v) is 5.76. The molecule has 39 heavy (non-hydrogen) atoms. The van der Waals surface area contributed by atoms with Crippen LogP contribution in [0.1, 0.15) is 44.2 Å². The van der Waals surface area contributed by atoms with Gasteiger partial charge < -0.3 is 10.2 Å². The molecule has 0 aliphatic carbocycles.